The first-order chi connectivity index (χ1) is 11.8. The smallest absolute Gasteiger partial charge is 0.410 e. The molecule has 1 saturated heterocycles. The second-order valence-corrected chi connectivity index (χ2v) is 6.96. The third-order valence-corrected chi connectivity index (χ3v) is 3.74. The third kappa shape index (κ3) is 6.54. The molecule has 0 bridgehead atoms. The van der Waals surface area contributed by atoms with Crippen molar-refractivity contribution in [1.29, 1.82) is 0 Å². The summed E-state index contributed by atoms with van der Waals surface area (Å²) in [5, 5.41) is 6.57. The largest absolute Gasteiger partial charge is 0.496 e. The van der Waals surface area contributed by atoms with E-state index in [0.29, 0.717) is 25.6 Å². The SMILES string of the molecule is CN=C(NCc1ccccc1OC)NC1CN(C(=O)OC(C)(C)C)C1.I. The molecule has 1 aliphatic rings. The molecule has 1 aromatic rings. The average Bonchev–Trinajstić information content (AvgIpc) is 2.51. The number of benzene rings is 1. The molecule has 0 radical (unpaired) electrons. The summed E-state index contributed by atoms with van der Waals surface area (Å²) in [6.07, 6.45) is -0.275. The molecule has 146 valence electrons. The zero-order valence-electron chi connectivity index (χ0n) is 16.0. The van der Waals surface area contributed by atoms with E-state index in [-0.39, 0.29) is 36.1 Å². The standard InChI is InChI=1S/C18H28N4O3.HI/c1-18(2,3)25-17(23)22-11-14(12-22)21-16(19-4)20-10-13-8-6-7-9-15(13)24-5;/h6-9,14H,10-12H2,1-5H3,(H2,19,20,21);1H. The molecule has 0 spiro atoms. The predicted molar refractivity (Wildman–Crippen MR) is 113 cm³/mol. The molecule has 2 rings (SSSR count). The molecular formula is C18H29IN4O3. The number of para-hydroxylation sites is 1. The van der Waals surface area contributed by atoms with Crippen molar-refractivity contribution in [2.45, 2.75) is 39.0 Å². The maximum absolute atomic E-state index is 11.9. The molecule has 0 atom stereocenters. The molecule has 8 heteroatoms. The summed E-state index contributed by atoms with van der Waals surface area (Å²) in [5.74, 6) is 1.53. The van der Waals surface area contributed by atoms with Gasteiger partial charge >= 0.3 is 6.09 Å². The fourth-order valence-electron chi connectivity index (χ4n) is 2.46. The predicted octanol–water partition coefficient (Wildman–Crippen LogP) is 2.60. The maximum Gasteiger partial charge on any atom is 0.410 e. The summed E-state index contributed by atoms with van der Waals surface area (Å²) in [6, 6.07) is 8.01. The van der Waals surface area contributed by atoms with E-state index in [0.717, 1.165) is 11.3 Å². The Hall–Kier alpha value is -1.71. The third-order valence-electron chi connectivity index (χ3n) is 3.74. The van der Waals surface area contributed by atoms with Crippen molar-refractivity contribution < 1.29 is 14.3 Å². The van der Waals surface area contributed by atoms with Gasteiger partial charge in [-0.3, -0.25) is 4.99 Å². The van der Waals surface area contributed by atoms with Crippen LogP contribution in [0.2, 0.25) is 0 Å². The molecule has 0 unspecified atom stereocenters. The van der Waals surface area contributed by atoms with Crippen molar-refractivity contribution in [3.63, 3.8) is 0 Å². The molecule has 1 aromatic carbocycles. The van der Waals surface area contributed by atoms with Crippen LogP contribution in [-0.2, 0) is 11.3 Å². The molecule has 7 nitrogen and oxygen atoms in total. The lowest BCUT2D eigenvalue weighted by Crippen LogP contribution is -2.63. The lowest BCUT2D eigenvalue weighted by Gasteiger charge is -2.40. The van der Waals surface area contributed by atoms with Gasteiger partial charge in [-0.1, -0.05) is 18.2 Å². The molecule has 1 aliphatic heterocycles. The van der Waals surface area contributed by atoms with Crippen LogP contribution in [0.4, 0.5) is 4.79 Å². The van der Waals surface area contributed by atoms with Crippen molar-refractivity contribution in [1.82, 2.24) is 15.5 Å². The Morgan fingerprint density at radius 1 is 1.31 bits per heavy atom. The average molecular weight is 476 g/mol. The molecule has 26 heavy (non-hydrogen) atoms. The van der Waals surface area contributed by atoms with E-state index < -0.39 is 5.60 Å². The molecule has 2 N–H and O–H groups in total. The number of hydrogen-bond donors (Lipinski definition) is 2. The van der Waals surface area contributed by atoms with Gasteiger partial charge in [0, 0.05) is 32.2 Å². The Morgan fingerprint density at radius 3 is 2.54 bits per heavy atom. The van der Waals surface area contributed by atoms with E-state index in [1.54, 1.807) is 19.1 Å². The number of ether oxygens (including phenoxy) is 2. The highest BCUT2D eigenvalue weighted by Gasteiger charge is 2.34. The van der Waals surface area contributed by atoms with Gasteiger partial charge in [-0.05, 0) is 26.8 Å². The van der Waals surface area contributed by atoms with Gasteiger partial charge in [-0.2, -0.15) is 0 Å². The fraction of sp³-hybridized carbons (Fsp3) is 0.556. The van der Waals surface area contributed by atoms with Gasteiger partial charge in [0.05, 0.1) is 13.2 Å². The summed E-state index contributed by atoms with van der Waals surface area (Å²) >= 11 is 0. The highest BCUT2D eigenvalue weighted by Crippen LogP contribution is 2.17. The molecule has 1 fully saturated rings. The minimum Gasteiger partial charge on any atom is -0.496 e. The van der Waals surface area contributed by atoms with Crippen LogP contribution in [0.1, 0.15) is 26.3 Å². The van der Waals surface area contributed by atoms with E-state index in [2.05, 4.69) is 15.6 Å². The van der Waals surface area contributed by atoms with Gasteiger partial charge in [0.25, 0.3) is 0 Å². The number of amides is 1. The van der Waals surface area contributed by atoms with Gasteiger partial charge in [-0.15, -0.1) is 24.0 Å². The number of methoxy groups -OCH3 is 1. The van der Waals surface area contributed by atoms with Crippen LogP contribution in [0.3, 0.4) is 0 Å². The highest BCUT2D eigenvalue weighted by atomic mass is 127. The number of carbonyl (C=O) groups excluding carboxylic acids is 1. The summed E-state index contributed by atoms with van der Waals surface area (Å²) in [6.45, 7) is 7.40. The number of halogens is 1. The topological polar surface area (TPSA) is 75.2 Å². The Labute approximate surface area is 172 Å². The first kappa shape index (κ1) is 22.3. The molecule has 0 saturated carbocycles. The van der Waals surface area contributed by atoms with Crippen LogP contribution >= 0.6 is 24.0 Å². The number of likely N-dealkylation sites (tertiary alicyclic amines) is 1. The zero-order valence-corrected chi connectivity index (χ0v) is 18.4. The van der Waals surface area contributed by atoms with Crippen molar-refractivity contribution >= 4 is 36.0 Å². The Balaban J connectivity index is 0.00000338. The number of nitrogens with one attached hydrogen (secondary N) is 2. The minimum absolute atomic E-state index is 0. The summed E-state index contributed by atoms with van der Waals surface area (Å²) in [7, 11) is 3.38. The lowest BCUT2D eigenvalue weighted by molar-refractivity contribution is 0.00701. The molecule has 1 amide bonds. The number of rotatable bonds is 4. The first-order valence-electron chi connectivity index (χ1n) is 8.39. The van der Waals surface area contributed by atoms with Crippen molar-refractivity contribution in [2.24, 2.45) is 4.99 Å². The van der Waals surface area contributed by atoms with E-state index in [9.17, 15) is 4.79 Å². The fourth-order valence-corrected chi connectivity index (χ4v) is 2.46. The normalized spacial score (nSPS) is 14.8. The summed E-state index contributed by atoms with van der Waals surface area (Å²) in [5.41, 5.74) is 0.582. The van der Waals surface area contributed by atoms with Crippen LogP contribution in [-0.4, -0.2) is 55.8 Å². The lowest BCUT2D eigenvalue weighted by atomic mass is 10.1. The monoisotopic (exact) mass is 476 g/mol. The number of nitrogens with zero attached hydrogens (tertiary/aromatic N) is 2. The molecule has 0 aliphatic carbocycles. The van der Waals surface area contributed by atoms with Crippen molar-refractivity contribution in [3.05, 3.63) is 29.8 Å². The minimum atomic E-state index is -0.470. The van der Waals surface area contributed by atoms with Gasteiger partial charge in [0.1, 0.15) is 11.4 Å². The van der Waals surface area contributed by atoms with Crippen LogP contribution in [0, 0.1) is 0 Å². The van der Waals surface area contributed by atoms with Gasteiger partial charge in [0.2, 0.25) is 0 Å². The number of guanidine groups is 1. The summed E-state index contributed by atoms with van der Waals surface area (Å²) in [4.78, 5) is 17.8. The van der Waals surface area contributed by atoms with Crippen LogP contribution < -0.4 is 15.4 Å². The Morgan fingerprint density at radius 2 is 1.96 bits per heavy atom. The molecule has 0 aromatic heterocycles. The van der Waals surface area contributed by atoms with E-state index in [4.69, 9.17) is 9.47 Å². The quantitative estimate of drug-likeness (QED) is 0.397. The van der Waals surface area contributed by atoms with Gasteiger partial charge in [0.15, 0.2) is 5.96 Å². The molecule has 1 heterocycles. The van der Waals surface area contributed by atoms with Crippen LogP contribution in [0.5, 0.6) is 5.75 Å². The number of carbonyl (C=O) groups is 1. The maximum atomic E-state index is 11.9. The van der Waals surface area contributed by atoms with Crippen molar-refractivity contribution in [3.8, 4) is 5.75 Å². The second kappa shape index (κ2) is 9.84. The highest BCUT2D eigenvalue weighted by molar-refractivity contribution is 14.0. The van der Waals surface area contributed by atoms with Crippen LogP contribution in [0.25, 0.3) is 0 Å². The zero-order chi connectivity index (χ0) is 18.4. The van der Waals surface area contributed by atoms with Gasteiger partial charge < -0.3 is 25.0 Å². The van der Waals surface area contributed by atoms with Crippen LogP contribution in [0.15, 0.2) is 29.3 Å². The second-order valence-electron chi connectivity index (χ2n) is 6.96. The van der Waals surface area contributed by atoms with E-state index in [1.165, 1.54) is 0 Å². The first-order valence-corrected chi connectivity index (χ1v) is 8.39. The van der Waals surface area contributed by atoms with E-state index >= 15 is 0 Å². The Kier molecular flexibility index (Phi) is 8.45. The number of hydrogen-bond acceptors (Lipinski definition) is 4. The van der Waals surface area contributed by atoms with Gasteiger partial charge in [-0.25, -0.2) is 4.79 Å². The summed E-state index contributed by atoms with van der Waals surface area (Å²) < 4.78 is 10.7. The molecular weight excluding hydrogens is 447 g/mol. The van der Waals surface area contributed by atoms with E-state index in [1.807, 2.05) is 45.0 Å². The number of aliphatic imine (C=N–C) groups is 1. The van der Waals surface area contributed by atoms with Crippen molar-refractivity contribution in [2.75, 3.05) is 27.2 Å². The Bertz CT molecular complexity index is 625.